The van der Waals surface area contributed by atoms with Gasteiger partial charge < -0.3 is 15.4 Å². The minimum absolute atomic E-state index is 0. The van der Waals surface area contributed by atoms with E-state index in [0.717, 1.165) is 30.0 Å². The number of hydrogen-bond acceptors (Lipinski definition) is 3. The van der Waals surface area contributed by atoms with Gasteiger partial charge in [0.2, 0.25) is 5.91 Å². The number of rotatable bonds is 3. The lowest BCUT2D eigenvalue weighted by molar-refractivity contribution is -0.126. The second-order valence-electron chi connectivity index (χ2n) is 6.39. The summed E-state index contributed by atoms with van der Waals surface area (Å²) in [7, 11) is 0. The van der Waals surface area contributed by atoms with Crippen molar-refractivity contribution in [2.45, 2.75) is 26.1 Å². The fourth-order valence-corrected chi connectivity index (χ4v) is 3.52. The van der Waals surface area contributed by atoms with E-state index in [-0.39, 0.29) is 24.2 Å². The number of amides is 1. The Balaban J connectivity index is 0.00000182. The molecule has 132 valence electrons. The molecule has 2 aromatic carbocycles. The molecular formula is C19H20Cl2N2O2. The molecule has 2 aromatic rings. The van der Waals surface area contributed by atoms with Crippen LogP contribution in [0.25, 0.3) is 0 Å². The molecule has 0 bridgehead atoms. The molecule has 4 rings (SSSR count). The number of carbonyl (C=O) groups excluding carboxylic acids is 1. The van der Waals surface area contributed by atoms with Crippen molar-refractivity contribution in [2.24, 2.45) is 5.92 Å². The molecule has 0 aromatic heterocycles. The molecule has 0 fully saturated rings. The molecule has 2 aliphatic heterocycles. The first-order chi connectivity index (χ1) is 11.7. The van der Waals surface area contributed by atoms with Crippen LogP contribution in [0.2, 0.25) is 5.02 Å². The van der Waals surface area contributed by atoms with Crippen LogP contribution in [0.1, 0.15) is 22.3 Å². The van der Waals surface area contributed by atoms with Gasteiger partial charge in [-0.15, -0.1) is 12.4 Å². The lowest BCUT2D eigenvalue weighted by Gasteiger charge is -2.24. The number of carbonyl (C=O) groups is 1. The Labute approximate surface area is 158 Å². The van der Waals surface area contributed by atoms with E-state index in [9.17, 15) is 4.79 Å². The van der Waals surface area contributed by atoms with Crippen molar-refractivity contribution < 1.29 is 9.53 Å². The number of fused-ring (bicyclic) bond motifs is 2. The van der Waals surface area contributed by atoms with E-state index in [1.54, 1.807) is 0 Å². The fraction of sp³-hybridized carbons (Fsp3) is 0.316. The van der Waals surface area contributed by atoms with Gasteiger partial charge in [0, 0.05) is 24.7 Å². The minimum atomic E-state index is -0.174. The third kappa shape index (κ3) is 3.92. The normalized spacial score (nSPS) is 17.7. The number of ether oxygens (including phenoxy) is 1. The van der Waals surface area contributed by atoms with E-state index in [2.05, 4.69) is 28.8 Å². The molecule has 25 heavy (non-hydrogen) atoms. The Kier molecular flexibility index (Phi) is 5.52. The first-order valence-corrected chi connectivity index (χ1v) is 8.57. The monoisotopic (exact) mass is 378 g/mol. The highest BCUT2D eigenvalue weighted by Crippen LogP contribution is 2.29. The maximum Gasteiger partial charge on any atom is 0.227 e. The van der Waals surface area contributed by atoms with Gasteiger partial charge in [-0.3, -0.25) is 4.79 Å². The zero-order chi connectivity index (χ0) is 16.5. The van der Waals surface area contributed by atoms with Crippen molar-refractivity contribution >= 4 is 29.9 Å². The van der Waals surface area contributed by atoms with Crippen LogP contribution in [0, 0.1) is 5.92 Å². The van der Waals surface area contributed by atoms with Crippen LogP contribution in [-0.2, 0) is 30.8 Å². The maximum absolute atomic E-state index is 12.5. The molecule has 0 saturated heterocycles. The standard InChI is InChI=1S/C19H19ClN2O2.ClH/c20-17-3-4-18-14(7-17)6-16(11-24-18)19(23)22-8-12-1-2-13-9-21-10-15(13)5-12;/h1-5,7,16,21H,6,8-11H2,(H,22,23);1H. The van der Waals surface area contributed by atoms with E-state index in [4.69, 9.17) is 16.3 Å². The average Bonchev–Trinajstić information content (AvgIpc) is 3.06. The first kappa shape index (κ1) is 18.1. The van der Waals surface area contributed by atoms with Gasteiger partial charge in [0.1, 0.15) is 12.4 Å². The largest absolute Gasteiger partial charge is 0.492 e. The smallest absolute Gasteiger partial charge is 0.227 e. The molecule has 0 aliphatic carbocycles. The molecule has 1 unspecified atom stereocenters. The predicted molar refractivity (Wildman–Crippen MR) is 100 cm³/mol. The van der Waals surface area contributed by atoms with E-state index in [1.165, 1.54) is 11.1 Å². The number of hydrogen-bond donors (Lipinski definition) is 2. The maximum atomic E-state index is 12.5. The average molecular weight is 379 g/mol. The Bertz CT molecular complexity index is 795. The van der Waals surface area contributed by atoms with Crippen LogP contribution in [0.15, 0.2) is 36.4 Å². The van der Waals surface area contributed by atoms with Crippen molar-refractivity contribution in [2.75, 3.05) is 6.61 Å². The Morgan fingerprint density at radius 3 is 2.88 bits per heavy atom. The lowest BCUT2D eigenvalue weighted by atomic mass is 9.96. The van der Waals surface area contributed by atoms with Crippen LogP contribution in [0.3, 0.4) is 0 Å². The molecule has 2 aliphatic rings. The Morgan fingerprint density at radius 2 is 2.00 bits per heavy atom. The molecular weight excluding hydrogens is 359 g/mol. The quantitative estimate of drug-likeness (QED) is 0.861. The second-order valence-corrected chi connectivity index (χ2v) is 6.82. The van der Waals surface area contributed by atoms with Gasteiger partial charge >= 0.3 is 0 Å². The van der Waals surface area contributed by atoms with Gasteiger partial charge in [-0.1, -0.05) is 29.8 Å². The highest BCUT2D eigenvalue weighted by molar-refractivity contribution is 6.30. The molecule has 4 nitrogen and oxygen atoms in total. The van der Waals surface area contributed by atoms with Crippen molar-refractivity contribution in [1.29, 1.82) is 0 Å². The summed E-state index contributed by atoms with van der Waals surface area (Å²) in [6, 6.07) is 11.9. The summed E-state index contributed by atoms with van der Waals surface area (Å²) in [5, 5.41) is 7.04. The van der Waals surface area contributed by atoms with Gasteiger partial charge in [-0.05, 0) is 46.9 Å². The highest BCUT2D eigenvalue weighted by Gasteiger charge is 2.26. The Morgan fingerprint density at radius 1 is 1.16 bits per heavy atom. The summed E-state index contributed by atoms with van der Waals surface area (Å²) in [5.74, 6) is 0.681. The number of nitrogens with one attached hydrogen (secondary N) is 2. The number of halogens is 2. The summed E-state index contributed by atoms with van der Waals surface area (Å²) in [6.45, 7) is 2.80. The molecule has 0 radical (unpaired) electrons. The zero-order valence-electron chi connectivity index (χ0n) is 13.7. The molecule has 6 heteroatoms. The third-order valence-electron chi connectivity index (χ3n) is 4.67. The van der Waals surface area contributed by atoms with E-state index >= 15 is 0 Å². The molecule has 2 heterocycles. The van der Waals surface area contributed by atoms with Gasteiger partial charge in [0.25, 0.3) is 0 Å². The van der Waals surface area contributed by atoms with Crippen LogP contribution >= 0.6 is 24.0 Å². The van der Waals surface area contributed by atoms with E-state index in [1.807, 2.05) is 18.2 Å². The highest BCUT2D eigenvalue weighted by atomic mass is 35.5. The second kappa shape index (κ2) is 7.65. The summed E-state index contributed by atoms with van der Waals surface area (Å²) in [4.78, 5) is 12.5. The lowest BCUT2D eigenvalue weighted by Crippen LogP contribution is -2.37. The van der Waals surface area contributed by atoms with Crippen molar-refractivity contribution in [3.05, 3.63) is 63.7 Å². The predicted octanol–water partition coefficient (Wildman–Crippen LogP) is 3.23. The van der Waals surface area contributed by atoms with E-state index in [0.29, 0.717) is 24.6 Å². The van der Waals surface area contributed by atoms with Crippen molar-refractivity contribution in [1.82, 2.24) is 10.6 Å². The van der Waals surface area contributed by atoms with Gasteiger partial charge in [-0.25, -0.2) is 0 Å². The molecule has 0 saturated carbocycles. The topological polar surface area (TPSA) is 50.4 Å². The summed E-state index contributed by atoms with van der Waals surface area (Å²) in [6.07, 6.45) is 0.663. The van der Waals surface area contributed by atoms with Gasteiger partial charge in [0.05, 0.1) is 5.92 Å². The molecule has 0 spiro atoms. The van der Waals surface area contributed by atoms with Crippen LogP contribution in [0.5, 0.6) is 5.75 Å². The van der Waals surface area contributed by atoms with Crippen LogP contribution in [-0.4, -0.2) is 12.5 Å². The zero-order valence-corrected chi connectivity index (χ0v) is 15.3. The van der Waals surface area contributed by atoms with Gasteiger partial charge in [0.15, 0.2) is 0 Å². The summed E-state index contributed by atoms with van der Waals surface area (Å²) < 4.78 is 5.70. The van der Waals surface area contributed by atoms with Crippen LogP contribution < -0.4 is 15.4 Å². The fourth-order valence-electron chi connectivity index (χ4n) is 3.32. The molecule has 2 N–H and O–H groups in total. The van der Waals surface area contributed by atoms with Crippen molar-refractivity contribution in [3.63, 3.8) is 0 Å². The first-order valence-electron chi connectivity index (χ1n) is 8.19. The van der Waals surface area contributed by atoms with Gasteiger partial charge in [-0.2, -0.15) is 0 Å². The Hall–Kier alpha value is -1.75. The van der Waals surface area contributed by atoms with E-state index < -0.39 is 0 Å². The minimum Gasteiger partial charge on any atom is -0.492 e. The molecule has 1 atom stereocenters. The SMILES string of the molecule is Cl.O=C(NCc1ccc2c(c1)CNC2)C1COc2ccc(Cl)cc2C1. The molecule has 1 amide bonds. The summed E-state index contributed by atoms with van der Waals surface area (Å²) >= 11 is 6.03. The van der Waals surface area contributed by atoms with Crippen LogP contribution in [0.4, 0.5) is 0 Å². The van der Waals surface area contributed by atoms with Crippen molar-refractivity contribution in [3.8, 4) is 5.75 Å². The number of benzene rings is 2. The summed E-state index contributed by atoms with van der Waals surface area (Å²) in [5.41, 5.74) is 4.80. The third-order valence-corrected chi connectivity index (χ3v) is 4.90.